The third-order valence-corrected chi connectivity index (χ3v) is 6.99. The first-order valence-corrected chi connectivity index (χ1v) is 12.1. The molecule has 0 radical (unpaired) electrons. The number of amides is 1. The lowest BCUT2D eigenvalue weighted by Crippen LogP contribution is -2.37. The van der Waals surface area contributed by atoms with Crippen molar-refractivity contribution in [1.82, 2.24) is 4.90 Å². The molecule has 7 heteroatoms. The number of benzene rings is 2. The van der Waals surface area contributed by atoms with Crippen LogP contribution >= 0.6 is 0 Å². The zero-order chi connectivity index (χ0) is 25.8. The van der Waals surface area contributed by atoms with Crippen LogP contribution in [0.4, 0.5) is 5.69 Å². The van der Waals surface area contributed by atoms with Crippen LogP contribution in [0.3, 0.4) is 0 Å². The summed E-state index contributed by atoms with van der Waals surface area (Å²) in [5.41, 5.74) is 16.1. The number of phenols is 1. The maximum Gasteiger partial charge on any atom is 0.246 e. The van der Waals surface area contributed by atoms with Gasteiger partial charge in [0.25, 0.3) is 0 Å². The predicted molar refractivity (Wildman–Crippen MR) is 142 cm³/mol. The van der Waals surface area contributed by atoms with Gasteiger partial charge in [-0.1, -0.05) is 12.1 Å². The van der Waals surface area contributed by atoms with Gasteiger partial charge in [0.15, 0.2) is 5.96 Å². The molecular formula is C28H38N4O3. The maximum atomic E-state index is 12.5. The minimum Gasteiger partial charge on any atom is -0.507 e. The van der Waals surface area contributed by atoms with Gasteiger partial charge in [0.05, 0.1) is 5.69 Å². The number of aliphatic imine (C=N–C) groups is 1. The van der Waals surface area contributed by atoms with Gasteiger partial charge in [-0.3, -0.25) is 4.79 Å². The quantitative estimate of drug-likeness (QED) is 0.221. The fraction of sp³-hybridized carbons (Fsp3) is 0.429. The molecule has 0 aliphatic carbocycles. The lowest BCUT2D eigenvalue weighted by Gasteiger charge is -2.38. The second-order valence-corrected chi connectivity index (χ2v) is 9.76. The molecule has 2 aromatic carbocycles. The SMILES string of the molecule is Cc1c(C)c2c(c(C)c1O)CCC(C)(CCCCN(C)C(=O)/C=C/c1ccc(N=C(N)N)cc1)O2. The van der Waals surface area contributed by atoms with E-state index in [0.29, 0.717) is 18.0 Å². The standard InChI is InChI=1S/C28H38N4O3/c1-18-19(2)26-23(20(3)25(18)34)14-16-28(4,35-26)15-6-7-17-32(5)24(33)13-10-21-8-11-22(12-9-21)31-27(29)30/h8-13,34H,6-7,14-17H2,1-5H3,(H4,29,30,31)/b13-10+. The number of likely N-dealkylation sites (N-methyl/N-ethyl adjacent to an activating group) is 1. The summed E-state index contributed by atoms with van der Waals surface area (Å²) in [6.45, 7) is 8.78. The Bertz CT molecular complexity index is 1130. The topological polar surface area (TPSA) is 114 Å². The van der Waals surface area contributed by atoms with Crippen LogP contribution in [0.5, 0.6) is 11.5 Å². The van der Waals surface area contributed by atoms with Crippen LogP contribution in [0.1, 0.15) is 60.4 Å². The Kier molecular flexibility index (Phi) is 8.10. The van der Waals surface area contributed by atoms with E-state index in [1.807, 2.05) is 40.0 Å². The number of fused-ring (bicyclic) bond motifs is 1. The van der Waals surface area contributed by atoms with Gasteiger partial charge in [0.2, 0.25) is 5.91 Å². The Morgan fingerprint density at radius 2 is 1.83 bits per heavy atom. The summed E-state index contributed by atoms with van der Waals surface area (Å²) in [4.78, 5) is 18.2. The highest BCUT2D eigenvalue weighted by molar-refractivity contribution is 5.91. The van der Waals surface area contributed by atoms with E-state index in [1.165, 1.54) is 0 Å². The normalized spacial score (nSPS) is 17.1. The van der Waals surface area contributed by atoms with Crippen molar-refractivity contribution in [3.63, 3.8) is 0 Å². The lowest BCUT2D eigenvalue weighted by atomic mass is 9.84. The van der Waals surface area contributed by atoms with Gasteiger partial charge >= 0.3 is 0 Å². The summed E-state index contributed by atoms with van der Waals surface area (Å²) in [6.07, 6.45) is 7.99. The summed E-state index contributed by atoms with van der Waals surface area (Å²) < 4.78 is 6.51. The Hall–Kier alpha value is -3.48. The average molecular weight is 479 g/mol. The van der Waals surface area contributed by atoms with Crippen LogP contribution in [-0.4, -0.2) is 41.1 Å². The summed E-state index contributed by atoms with van der Waals surface area (Å²) in [5.74, 6) is 1.31. The van der Waals surface area contributed by atoms with Crippen molar-refractivity contribution in [3.8, 4) is 11.5 Å². The number of carbonyl (C=O) groups excluding carboxylic acids is 1. The molecule has 1 aliphatic heterocycles. The molecule has 1 heterocycles. The highest BCUT2D eigenvalue weighted by Crippen LogP contribution is 2.44. The van der Waals surface area contributed by atoms with Crippen LogP contribution in [0.15, 0.2) is 35.3 Å². The van der Waals surface area contributed by atoms with E-state index in [0.717, 1.165) is 65.7 Å². The Morgan fingerprint density at radius 1 is 1.14 bits per heavy atom. The van der Waals surface area contributed by atoms with E-state index in [4.69, 9.17) is 16.2 Å². The number of aromatic hydroxyl groups is 1. The third-order valence-electron chi connectivity index (χ3n) is 6.99. The number of guanidine groups is 1. The Labute approximate surface area is 208 Å². The van der Waals surface area contributed by atoms with Crippen LogP contribution in [-0.2, 0) is 11.2 Å². The van der Waals surface area contributed by atoms with E-state index in [2.05, 4.69) is 11.9 Å². The van der Waals surface area contributed by atoms with Crippen molar-refractivity contribution in [2.75, 3.05) is 13.6 Å². The van der Waals surface area contributed by atoms with Gasteiger partial charge in [-0.15, -0.1) is 0 Å². The molecule has 1 amide bonds. The molecule has 0 aromatic heterocycles. The first-order valence-electron chi connectivity index (χ1n) is 12.1. The number of nitrogens with zero attached hydrogens (tertiary/aromatic N) is 2. The van der Waals surface area contributed by atoms with Crippen molar-refractivity contribution < 1.29 is 14.6 Å². The van der Waals surface area contributed by atoms with Crippen LogP contribution in [0.2, 0.25) is 0 Å². The van der Waals surface area contributed by atoms with E-state index < -0.39 is 0 Å². The molecule has 2 aromatic rings. The van der Waals surface area contributed by atoms with Crippen LogP contribution in [0, 0.1) is 20.8 Å². The number of ether oxygens (including phenoxy) is 1. The summed E-state index contributed by atoms with van der Waals surface area (Å²) in [7, 11) is 1.82. The molecule has 1 atom stereocenters. The molecule has 35 heavy (non-hydrogen) atoms. The fourth-order valence-corrected chi connectivity index (χ4v) is 4.53. The molecule has 1 aliphatic rings. The number of unbranched alkanes of at least 4 members (excludes halogenated alkanes) is 1. The first-order chi connectivity index (χ1) is 16.5. The molecule has 0 bridgehead atoms. The molecule has 7 nitrogen and oxygen atoms in total. The summed E-state index contributed by atoms with van der Waals surface area (Å²) >= 11 is 0. The number of carbonyl (C=O) groups is 1. The molecule has 0 saturated heterocycles. The molecule has 5 N–H and O–H groups in total. The van der Waals surface area contributed by atoms with E-state index >= 15 is 0 Å². The molecule has 0 spiro atoms. The monoisotopic (exact) mass is 478 g/mol. The highest BCUT2D eigenvalue weighted by atomic mass is 16.5. The smallest absolute Gasteiger partial charge is 0.246 e. The number of rotatable bonds is 8. The molecule has 1 unspecified atom stereocenters. The molecule has 3 rings (SSSR count). The Balaban J connectivity index is 1.48. The largest absolute Gasteiger partial charge is 0.507 e. The van der Waals surface area contributed by atoms with Gasteiger partial charge in [-0.25, -0.2) is 4.99 Å². The van der Waals surface area contributed by atoms with E-state index in [9.17, 15) is 9.90 Å². The first kappa shape index (κ1) is 26.1. The molecule has 188 valence electrons. The molecular weight excluding hydrogens is 440 g/mol. The zero-order valence-corrected chi connectivity index (χ0v) is 21.5. The average Bonchev–Trinajstić information content (AvgIpc) is 2.83. The number of hydrogen-bond acceptors (Lipinski definition) is 4. The zero-order valence-electron chi connectivity index (χ0n) is 21.5. The van der Waals surface area contributed by atoms with Gasteiger partial charge in [0.1, 0.15) is 17.1 Å². The second-order valence-electron chi connectivity index (χ2n) is 9.76. The van der Waals surface area contributed by atoms with Gasteiger partial charge in [-0.2, -0.15) is 0 Å². The number of hydrogen-bond donors (Lipinski definition) is 3. The van der Waals surface area contributed by atoms with Crippen molar-refractivity contribution in [1.29, 1.82) is 0 Å². The van der Waals surface area contributed by atoms with Crippen LogP contribution < -0.4 is 16.2 Å². The van der Waals surface area contributed by atoms with Crippen molar-refractivity contribution in [2.45, 2.75) is 65.4 Å². The Morgan fingerprint density at radius 3 is 2.49 bits per heavy atom. The fourth-order valence-electron chi connectivity index (χ4n) is 4.53. The van der Waals surface area contributed by atoms with E-state index in [-0.39, 0.29) is 17.5 Å². The number of nitrogens with two attached hydrogens (primary N) is 2. The minimum absolute atomic E-state index is 0.0135. The van der Waals surface area contributed by atoms with Gasteiger partial charge in [0, 0.05) is 25.2 Å². The van der Waals surface area contributed by atoms with Crippen molar-refractivity contribution >= 4 is 23.6 Å². The second kappa shape index (κ2) is 10.8. The van der Waals surface area contributed by atoms with E-state index in [1.54, 1.807) is 29.2 Å². The molecule has 0 fully saturated rings. The lowest BCUT2D eigenvalue weighted by molar-refractivity contribution is -0.124. The van der Waals surface area contributed by atoms with Gasteiger partial charge in [-0.05, 0) is 100 Å². The number of phenolic OH excluding ortho intramolecular Hbond substituents is 1. The van der Waals surface area contributed by atoms with Gasteiger partial charge < -0.3 is 26.2 Å². The van der Waals surface area contributed by atoms with Crippen molar-refractivity contribution in [2.24, 2.45) is 16.5 Å². The molecule has 0 saturated carbocycles. The summed E-state index contributed by atoms with van der Waals surface area (Å²) in [6, 6.07) is 7.32. The predicted octanol–water partition coefficient (Wildman–Crippen LogP) is 4.65. The summed E-state index contributed by atoms with van der Waals surface area (Å²) in [5, 5.41) is 10.4. The van der Waals surface area contributed by atoms with Crippen LogP contribution in [0.25, 0.3) is 6.08 Å². The minimum atomic E-state index is -0.235. The highest BCUT2D eigenvalue weighted by Gasteiger charge is 2.34. The van der Waals surface area contributed by atoms with Crippen molar-refractivity contribution in [3.05, 3.63) is 58.2 Å². The maximum absolute atomic E-state index is 12.5. The third kappa shape index (κ3) is 6.35.